The Kier molecular flexibility index (Phi) is 5.04. The van der Waals surface area contributed by atoms with E-state index in [9.17, 15) is 23.1 Å². The third kappa shape index (κ3) is 3.67. The van der Waals surface area contributed by atoms with E-state index in [1.807, 2.05) is 24.3 Å². The molecule has 0 saturated carbocycles. The SMILES string of the molecule is O=C(N[C@@H](Cc1c[nH]c2ccccc12)C(=O)O)OCC1=Cc2ccccc2S1(=O)=O. The quantitative estimate of drug-likeness (QED) is 0.556. The first-order valence-corrected chi connectivity index (χ1v) is 10.6. The van der Waals surface area contributed by atoms with Crippen LogP contribution in [0.25, 0.3) is 17.0 Å². The van der Waals surface area contributed by atoms with Crippen LogP contribution in [0.3, 0.4) is 0 Å². The predicted octanol–water partition coefficient (Wildman–Crippen LogP) is 2.72. The maximum absolute atomic E-state index is 12.5. The molecular formula is C21H18N2O6S. The van der Waals surface area contributed by atoms with E-state index in [-0.39, 0.29) is 16.2 Å². The molecule has 0 saturated heterocycles. The maximum Gasteiger partial charge on any atom is 0.408 e. The van der Waals surface area contributed by atoms with E-state index in [1.54, 1.807) is 24.4 Å². The first-order chi connectivity index (χ1) is 14.4. The molecule has 1 aliphatic rings. The standard InChI is InChI=1S/C21H18N2O6S/c24-20(25)18(10-14-11-22-17-7-3-2-6-16(14)17)23-21(26)29-12-15-9-13-5-1-4-8-19(13)30(15,27)28/h1-9,11,18,22H,10,12H2,(H,23,26)(H,24,25)/t18-/m0/s1. The monoisotopic (exact) mass is 426 g/mol. The minimum Gasteiger partial charge on any atom is -0.480 e. The van der Waals surface area contributed by atoms with Crippen LogP contribution >= 0.6 is 0 Å². The van der Waals surface area contributed by atoms with Gasteiger partial charge in [-0.2, -0.15) is 0 Å². The number of sulfone groups is 1. The number of hydrogen-bond donors (Lipinski definition) is 3. The number of benzene rings is 2. The van der Waals surface area contributed by atoms with Gasteiger partial charge in [0, 0.05) is 23.5 Å². The van der Waals surface area contributed by atoms with Crippen LogP contribution in [-0.4, -0.2) is 43.2 Å². The zero-order chi connectivity index (χ0) is 21.3. The van der Waals surface area contributed by atoms with Gasteiger partial charge in [0.1, 0.15) is 12.6 Å². The van der Waals surface area contributed by atoms with Crippen molar-refractivity contribution in [3.05, 3.63) is 70.8 Å². The summed E-state index contributed by atoms with van der Waals surface area (Å²) in [5, 5.41) is 12.6. The first-order valence-electron chi connectivity index (χ1n) is 9.12. The second-order valence-electron chi connectivity index (χ2n) is 6.83. The van der Waals surface area contributed by atoms with Crippen molar-refractivity contribution in [2.75, 3.05) is 6.61 Å². The van der Waals surface area contributed by atoms with Crippen LogP contribution in [0, 0.1) is 0 Å². The van der Waals surface area contributed by atoms with E-state index < -0.39 is 34.5 Å². The third-order valence-electron chi connectivity index (χ3n) is 4.90. The van der Waals surface area contributed by atoms with Gasteiger partial charge in [0.05, 0.1) is 9.80 Å². The van der Waals surface area contributed by atoms with Crippen LogP contribution in [0.2, 0.25) is 0 Å². The Morgan fingerprint density at radius 3 is 2.60 bits per heavy atom. The number of aromatic amines is 1. The Labute approximate surface area is 172 Å². The topological polar surface area (TPSA) is 126 Å². The maximum atomic E-state index is 12.5. The van der Waals surface area contributed by atoms with Gasteiger partial charge >= 0.3 is 12.1 Å². The zero-order valence-electron chi connectivity index (χ0n) is 15.7. The number of H-pyrrole nitrogens is 1. The number of carbonyl (C=O) groups is 2. The van der Waals surface area contributed by atoms with Gasteiger partial charge in [-0.1, -0.05) is 36.4 Å². The number of carbonyl (C=O) groups excluding carboxylic acids is 1. The van der Waals surface area contributed by atoms with Crippen LogP contribution in [0.4, 0.5) is 4.79 Å². The van der Waals surface area contributed by atoms with E-state index in [2.05, 4.69) is 10.3 Å². The Morgan fingerprint density at radius 2 is 1.83 bits per heavy atom. The van der Waals surface area contributed by atoms with Gasteiger partial charge in [0.15, 0.2) is 0 Å². The number of carboxylic acid groups (broad SMARTS) is 1. The van der Waals surface area contributed by atoms with E-state index in [0.717, 1.165) is 16.5 Å². The fourth-order valence-electron chi connectivity index (χ4n) is 3.40. The van der Waals surface area contributed by atoms with Crippen LogP contribution in [-0.2, 0) is 25.8 Å². The summed E-state index contributed by atoms with van der Waals surface area (Å²) in [6.07, 6.45) is 2.18. The van der Waals surface area contributed by atoms with Crippen LogP contribution in [0.5, 0.6) is 0 Å². The number of rotatable bonds is 6. The molecular weight excluding hydrogens is 408 g/mol. The normalized spacial score (nSPS) is 15.3. The molecule has 3 aromatic rings. The average Bonchev–Trinajstić information content (AvgIpc) is 3.24. The van der Waals surface area contributed by atoms with Crippen molar-refractivity contribution >= 4 is 38.9 Å². The summed E-state index contributed by atoms with van der Waals surface area (Å²) in [6, 6.07) is 12.6. The fourth-order valence-corrected chi connectivity index (χ4v) is 4.87. The minimum absolute atomic E-state index is 0.0425. The van der Waals surface area contributed by atoms with Crippen LogP contribution in [0.1, 0.15) is 11.1 Å². The summed E-state index contributed by atoms with van der Waals surface area (Å²) in [5.74, 6) is -1.22. The Morgan fingerprint density at radius 1 is 1.10 bits per heavy atom. The molecule has 30 heavy (non-hydrogen) atoms. The van der Waals surface area contributed by atoms with Crippen molar-refractivity contribution in [3.63, 3.8) is 0 Å². The zero-order valence-corrected chi connectivity index (χ0v) is 16.5. The lowest BCUT2D eigenvalue weighted by molar-refractivity contribution is -0.139. The van der Waals surface area contributed by atoms with E-state index in [4.69, 9.17) is 4.74 Å². The smallest absolute Gasteiger partial charge is 0.408 e. The van der Waals surface area contributed by atoms with Crippen molar-refractivity contribution in [2.45, 2.75) is 17.4 Å². The van der Waals surface area contributed by atoms with Crippen molar-refractivity contribution in [1.29, 1.82) is 0 Å². The van der Waals surface area contributed by atoms with Gasteiger partial charge in [-0.15, -0.1) is 0 Å². The largest absolute Gasteiger partial charge is 0.480 e. The molecule has 1 amide bonds. The summed E-state index contributed by atoms with van der Waals surface area (Å²) in [5.41, 5.74) is 2.12. The van der Waals surface area contributed by atoms with Crippen LogP contribution in [0.15, 0.2) is 64.5 Å². The summed E-state index contributed by atoms with van der Waals surface area (Å²) in [4.78, 5) is 26.9. The highest BCUT2D eigenvalue weighted by molar-refractivity contribution is 7.95. The summed E-state index contributed by atoms with van der Waals surface area (Å²) in [7, 11) is -3.72. The van der Waals surface area contributed by atoms with Crippen molar-refractivity contribution in [1.82, 2.24) is 10.3 Å². The van der Waals surface area contributed by atoms with Gasteiger partial charge in [-0.3, -0.25) is 0 Å². The predicted molar refractivity (Wildman–Crippen MR) is 110 cm³/mol. The van der Waals surface area contributed by atoms with Gasteiger partial charge in [0.2, 0.25) is 9.84 Å². The molecule has 0 fully saturated rings. The minimum atomic E-state index is -3.72. The molecule has 0 bridgehead atoms. The fraction of sp³-hybridized carbons (Fsp3) is 0.143. The number of ether oxygens (including phenoxy) is 1. The number of para-hydroxylation sites is 1. The first kappa shape index (κ1) is 19.7. The number of amides is 1. The Balaban J connectivity index is 1.42. The second kappa shape index (κ2) is 7.68. The summed E-state index contributed by atoms with van der Waals surface area (Å²) in [6.45, 7) is -0.484. The van der Waals surface area contributed by atoms with E-state index in [0.29, 0.717) is 5.56 Å². The molecule has 9 heteroatoms. The van der Waals surface area contributed by atoms with Gasteiger partial charge < -0.3 is 20.1 Å². The molecule has 4 rings (SSSR count). The summed E-state index contributed by atoms with van der Waals surface area (Å²) < 4.78 is 30.0. The molecule has 3 N–H and O–H groups in total. The van der Waals surface area contributed by atoms with Crippen molar-refractivity contribution < 1.29 is 27.9 Å². The molecule has 0 aliphatic carbocycles. The molecule has 1 atom stereocenters. The number of aromatic nitrogens is 1. The molecule has 2 aromatic carbocycles. The van der Waals surface area contributed by atoms with Gasteiger partial charge in [-0.05, 0) is 29.3 Å². The van der Waals surface area contributed by atoms with Gasteiger partial charge in [-0.25, -0.2) is 18.0 Å². The lowest BCUT2D eigenvalue weighted by Gasteiger charge is -2.14. The molecule has 0 unspecified atom stereocenters. The number of hydrogen-bond acceptors (Lipinski definition) is 5. The lowest BCUT2D eigenvalue weighted by atomic mass is 10.1. The van der Waals surface area contributed by atoms with Gasteiger partial charge in [0.25, 0.3) is 0 Å². The highest BCUT2D eigenvalue weighted by atomic mass is 32.2. The number of aliphatic carboxylic acids is 1. The Hall–Kier alpha value is -3.59. The number of fused-ring (bicyclic) bond motifs is 2. The highest BCUT2D eigenvalue weighted by Crippen LogP contribution is 2.32. The van der Waals surface area contributed by atoms with E-state index >= 15 is 0 Å². The molecule has 154 valence electrons. The average molecular weight is 426 g/mol. The van der Waals surface area contributed by atoms with Crippen molar-refractivity contribution in [2.24, 2.45) is 0 Å². The lowest BCUT2D eigenvalue weighted by Crippen LogP contribution is -2.42. The molecule has 0 radical (unpaired) electrons. The number of nitrogens with one attached hydrogen (secondary N) is 2. The molecule has 2 heterocycles. The molecule has 1 aromatic heterocycles. The number of alkyl carbamates (subject to hydrolysis) is 1. The van der Waals surface area contributed by atoms with E-state index in [1.165, 1.54) is 12.1 Å². The third-order valence-corrected chi connectivity index (χ3v) is 6.78. The molecule has 8 nitrogen and oxygen atoms in total. The molecule has 0 spiro atoms. The summed E-state index contributed by atoms with van der Waals surface area (Å²) >= 11 is 0. The molecule has 1 aliphatic heterocycles. The second-order valence-corrected chi connectivity index (χ2v) is 8.80. The Bertz CT molecular complexity index is 1280. The van der Waals surface area contributed by atoms with Crippen LogP contribution < -0.4 is 5.32 Å². The number of carboxylic acids is 1. The van der Waals surface area contributed by atoms with Crippen molar-refractivity contribution in [3.8, 4) is 0 Å². The highest BCUT2D eigenvalue weighted by Gasteiger charge is 2.30.